The standard InChI is InChI=1S/C14H10N4O2S/c19-12(11-7-15-5-6-16-11)8-21-14-17-10-4-2-1-3-9(10)13(20)18-14/h1-7H,8H2,(H,17,18,20). The lowest BCUT2D eigenvalue weighted by molar-refractivity contribution is 0.101. The van der Waals surface area contributed by atoms with E-state index in [4.69, 9.17) is 0 Å². The quantitative estimate of drug-likeness (QED) is 0.448. The van der Waals surface area contributed by atoms with Crippen molar-refractivity contribution in [1.82, 2.24) is 19.9 Å². The maximum atomic E-state index is 11.9. The lowest BCUT2D eigenvalue weighted by Crippen LogP contribution is -2.11. The first-order valence-corrected chi connectivity index (χ1v) is 7.13. The number of nitrogens with zero attached hydrogens (tertiary/aromatic N) is 3. The van der Waals surface area contributed by atoms with Crippen LogP contribution < -0.4 is 5.56 Å². The van der Waals surface area contributed by atoms with E-state index in [0.717, 1.165) is 0 Å². The predicted molar refractivity (Wildman–Crippen MR) is 79.5 cm³/mol. The van der Waals surface area contributed by atoms with Gasteiger partial charge in [-0.25, -0.2) is 9.97 Å². The summed E-state index contributed by atoms with van der Waals surface area (Å²) in [5.74, 6) is -0.0242. The molecule has 0 aliphatic heterocycles. The highest BCUT2D eigenvalue weighted by Crippen LogP contribution is 2.15. The molecule has 0 saturated heterocycles. The van der Waals surface area contributed by atoms with Crippen LogP contribution in [0, 0.1) is 0 Å². The second-order valence-corrected chi connectivity index (χ2v) is 5.15. The van der Waals surface area contributed by atoms with E-state index in [1.807, 2.05) is 6.07 Å². The van der Waals surface area contributed by atoms with Crippen molar-refractivity contribution in [2.24, 2.45) is 0 Å². The number of nitrogens with one attached hydrogen (secondary N) is 1. The van der Waals surface area contributed by atoms with Crippen LogP contribution in [0.1, 0.15) is 10.5 Å². The fourth-order valence-electron chi connectivity index (χ4n) is 1.78. The van der Waals surface area contributed by atoms with Gasteiger partial charge in [-0.05, 0) is 12.1 Å². The highest BCUT2D eigenvalue weighted by Gasteiger charge is 2.10. The van der Waals surface area contributed by atoms with Gasteiger partial charge < -0.3 is 4.98 Å². The Morgan fingerprint density at radius 1 is 1.24 bits per heavy atom. The molecule has 7 heteroatoms. The first kappa shape index (κ1) is 13.4. The van der Waals surface area contributed by atoms with E-state index in [9.17, 15) is 9.59 Å². The van der Waals surface area contributed by atoms with Crippen LogP contribution in [-0.2, 0) is 0 Å². The second kappa shape index (κ2) is 5.84. The molecular weight excluding hydrogens is 288 g/mol. The number of aromatic amines is 1. The third-order valence-corrected chi connectivity index (χ3v) is 3.65. The zero-order valence-electron chi connectivity index (χ0n) is 10.8. The molecule has 1 aromatic carbocycles. The van der Waals surface area contributed by atoms with Crippen molar-refractivity contribution < 1.29 is 4.79 Å². The van der Waals surface area contributed by atoms with Crippen molar-refractivity contribution in [2.75, 3.05) is 5.75 Å². The molecule has 2 aromatic heterocycles. The Bertz CT molecular complexity index is 848. The van der Waals surface area contributed by atoms with Crippen molar-refractivity contribution in [3.63, 3.8) is 0 Å². The summed E-state index contributed by atoms with van der Waals surface area (Å²) in [4.78, 5) is 38.6. The van der Waals surface area contributed by atoms with Gasteiger partial charge in [0.2, 0.25) is 0 Å². The molecule has 0 spiro atoms. The zero-order valence-corrected chi connectivity index (χ0v) is 11.6. The summed E-state index contributed by atoms with van der Waals surface area (Å²) in [5, 5.41) is 0.943. The fourth-order valence-corrected chi connectivity index (χ4v) is 2.53. The van der Waals surface area contributed by atoms with E-state index in [2.05, 4.69) is 19.9 Å². The van der Waals surface area contributed by atoms with Crippen LogP contribution >= 0.6 is 11.8 Å². The maximum Gasteiger partial charge on any atom is 0.259 e. The third kappa shape index (κ3) is 2.97. The number of para-hydroxylation sites is 1. The molecule has 21 heavy (non-hydrogen) atoms. The van der Waals surface area contributed by atoms with Crippen molar-refractivity contribution in [3.05, 3.63) is 58.9 Å². The van der Waals surface area contributed by atoms with E-state index < -0.39 is 0 Å². The molecule has 6 nitrogen and oxygen atoms in total. The average molecular weight is 298 g/mol. The van der Waals surface area contributed by atoms with Crippen LogP contribution in [0.2, 0.25) is 0 Å². The first-order valence-electron chi connectivity index (χ1n) is 6.15. The maximum absolute atomic E-state index is 11.9. The van der Waals surface area contributed by atoms with Gasteiger partial charge in [-0.15, -0.1) is 0 Å². The molecule has 2 heterocycles. The monoisotopic (exact) mass is 298 g/mol. The second-order valence-electron chi connectivity index (χ2n) is 4.19. The van der Waals surface area contributed by atoms with Gasteiger partial charge in [0.1, 0.15) is 5.69 Å². The van der Waals surface area contributed by atoms with Crippen LogP contribution in [0.15, 0.2) is 52.8 Å². The van der Waals surface area contributed by atoms with Gasteiger partial charge in [0, 0.05) is 12.4 Å². The lowest BCUT2D eigenvalue weighted by Gasteiger charge is -2.02. The van der Waals surface area contributed by atoms with Crippen LogP contribution in [0.5, 0.6) is 0 Å². The number of aromatic nitrogens is 4. The van der Waals surface area contributed by atoms with E-state index >= 15 is 0 Å². The molecule has 0 saturated carbocycles. The Hall–Kier alpha value is -2.54. The highest BCUT2D eigenvalue weighted by atomic mass is 32.2. The number of ketones is 1. The Labute approximate surface area is 123 Å². The van der Waals surface area contributed by atoms with Crippen molar-refractivity contribution in [2.45, 2.75) is 5.16 Å². The summed E-state index contributed by atoms with van der Waals surface area (Å²) in [7, 11) is 0. The first-order chi connectivity index (χ1) is 10.2. The number of H-pyrrole nitrogens is 1. The Balaban J connectivity index is 1.80. The summed E-state index contributed by atoms with van der Waals surface area (Å²) in [6.07, 6.45) is 4.39. The molecule has 0 atom stereocenters. The molecule has 0 aliphatic rings. The predicted octanol–water partition coefficient (Wildman–Crippen LogP) is 1.69. The largest absolute Gasteiger partial charge is 0.301 e. The smallest absolute Gasteiger partial charge is 0.259 e. The number of benzene rings is 1. The lowest BCUT2D eigenvalue weighted by atomic mass is 10.2. The number of fused-ring (bicyclic) bond motifs is 1. The molecule has 0 bridgehead atoms. The van der Waals surface area contributed by atoms with Gasteiger partial charge in [-0.3, -0.25) is 14.6 Å². The Kier molecular flexibility index (Phi) is 3.74. The van der Waals surface area contributed by atoms with Crippen LogP contribution in [0.25, 0.3) is 10.9 Å². The van der Waals surface area contributed by atoms with Gasteiger partial charge in [0.25, 0.3) is 5.56 Å². The number of Topliss-reactive ketones (excluding diaryl/α,β-unsaturated/α-hetero) is 1. The van der Waals surface area contributed by atoms with E-state index in [1.165, 1.54) is 30.4 Å². The number of rotatable bonds is 4. The molecule has 0 aliphatic carbocycles. The van der Waals surface area contributed by atoms with Gasteiger partial charge in [-0.2, -0.15) is 0 Å². The summed E-state index contributed by atoms with van der Waals surface area (Å²) in [6.45, 7) is 0. The Morgan fingerprint density at radius 2 is 2.10 bits per heavy atom. The van der Waals surface area contributed by atoms with Crippen molar-refractivity contribution >= 4 is 28.4 Å². The summed E-state index contributed by atoms with van der Waals surface area (Å²) in [6, 6.07) is 7.07. The highest BCUT2D eigenvalue weighted by molar-refractivity contribution is 7.99. The van der Waals surface area contributed by atoms with E-state index in [1.54, 1.807) is 18.2 Å². The molecule has 1 N–H and O–H groups in total. The van der Waals surface area contributed by atoms with E-state index in [-0.39, 0.29) is 17.1 Å². The fraction of sp³-hybridized carbons (Fsp3) is 0.0714. The molecule has 104 valence electrons. The van der Waals surface area contributed by atoms with Crippen molar-refractivity contribution in [1.29, 1.82) is 0 Å². The summed E-state index contributed by atoms with van der Waals surface area (Å²) >= 11 is 1.17. The van der Waals surface area contributed by atoms with Crippen molar-refractivity contribution in [3.8, 4) is 0 Å². The molecular formula is C14H10N4O2S. The van der Waals surface area contributed by atoms with Gasteiger partial charge >= 0.3 is 0 Å². The minimum absolute atomic E-state index is 0.139. The molecule has 0 unspecified atom stereocenters. The number of carbonyl (C=O) groups excluding carboxylic acids is 1. The average Bonchev–Trinajstić information content (AvgIpc) is 2.53. The Morgan fingerprint density at radius 3 is 2.90 bits per heavy atom. The normalized spacial score (nSPS) is 10.7. The topological polar surface area (TPSA) is 88.6 Å². The van der Waals surface area contributed by atoms with Gasteiger partial charge in [0.15, 0.2) is 10.9 Å². The molecule has 0 radical (unpaired) electrons. The molecule has 3 rings (SSSR count). The molecule has 0 fully saturated rings. The minimum Gasteiger partial charge on any atom is -0.301 e. The van der Waals surface area contributed by atoms with Gasteiger partial charge in [0.05, 0.1) is 22.9 Å². The number of hydrogen-bond donors (Lipinski definition) is 1. The SMILES string of the molecule is O=C(CSc1nc2ccccc2c(=O)[nH]1)c1cnccn1. The third-order valence-electron chi connectivity index (χ3n) is 2.78. The number of carbonyl (C=O) groups is 1. The minimum atomic E-state index is -0.213. The van der Waals surface area contributed by atoms with Crippen LogP contribution in [-0.4, -0.2) is 31.5 Å². The van der Waals surface area contributed by atoms with Gasteiger partial charge in [-0.1, -0.05) is 23.9 Å². The zero-order chi connectivity index (χ0) is 14.7. The van der Waals surface area contributed by atoms with Crippen LogP contribution in [0.3, 0.4) is 0 Å². The number of thioether (sulfide) groups is 1. The summed E-state index contributed by atoms with van der Waals surface area (Å²) < 4.78 is 0. The summed E-state index contributed by atoms with van der Waals surface area (Å²) in [5.41, 5.74) is 0.693. The van der Waals surface area contributed by atoms with E-state index in [0.29, 0.717) is 21.8 Å². The molecule has 0 amide bonds. The molecule has 3 aromatic rings. The van der Waals surface area contributed by atoms with Crippen LogP contribution in [0.4, 0.5) is 0 Å². The number of hydrogen-bond acceptors (Lipinski definition) is 6.